The number of halogens is 2. The van der Waals surface area contributed by atoms with E-state index in [4.69, 9.17) is 4.42 Å². The lowest BCUT2D eigenvalue weighted by molar-refractivity contribution is 0.0929. The van der Waals surface area contributed by atoms with E-state index >= 15 is 0 Å². The Balaban J connectivity index is 1.51. The summed E-state index contributed by atoms with van der Waals surface area (Å²) in [6.45, 7) is 6.81. The number of nitrogens with one attached hydrogen (secondary N) is 1. The number of fused-ring (bicyclic) bond motifs is 2. The average molecular weight is 580 g/mol. The van der Waals surface area contributed by atoms with Crippen LogP contribution in [0, 0.1) is 3.57 Å². The summed E-state index contributed by atoms with van der Waals surface area (Å²) in [6.07, 6.45) is 2.77. The minimum Gasteiger partial charge on any atom is -0.450 e. The molecule has 30 heavy (non-hydrogen) atoms. The molecule has 1 amide bonds. The Morgan fingerprint density at radius 3 is 2.87 bits per heavy atom. The summed E-state index contributed by atoms with van der Waals surface area (Å²) in [6, 6.07) is 11.9. The molecule has 156 valence electrons. The number of hydrazone groups is 1. The lowest BCUT2D eigenvalue weighted by Crippen LogP contribution is -2.45. The van der Waals surface area contributed by atoms with E-state index in [-0.39, 0.29) is 17.2 Å². The van der Waals surface area contributed by atoms with Crippen LogP contribution in [-0.4, -0.2) is 24.7 Å². The van der Waals surface area contributed by atoms with Gasteiger partial charge < -0.3 is 9.32 Å². The first-order chi connectivity index (χ1) is 14.2. The van der Waals surface area contributed by atoms with Gasteiger partial charge in [-0.25, -0.2) is 5.43 Å². The maximum atomic E-state index is 12.5. The van der Waals surface area contributed by atoms with E-state index in [1.54, 1.807) is 12.3 Å². The fraction of sp³-hybridized carbons (Fsp3) is 0.304. The summed E-state index contributed by atoms with van der Waals surface area (Å²) in [5, 5.41) is 5.01. The van der Waals surface area contributed by atoms with E-state index in [1.165, 1.54) is 11.3 Å². The zero-order chi connectivity index (χ0) is 21.6. The lowest BCUT2D eigenvalue weighted by Gasteiger charge is -2.45. The van der Waals surface area contributed by atoms with Crippen LogP contribution < -0.4 is 10.3 Å². The van der Waals surface area contributed by atoms with Gasteiger partial charge in [-0.3, -0.25) is 4.79 Å². The highest BCUT2D eigenvalue weighted by atomic mass is 127. The molecule has 5 nitrogen and oxygen atoms in total. The highest BCUT2D eigenvalue weighted by Crippen LogP contribution is 2.42. The Morgan fingerprint density at radius 1 is 1.33 bits per heavy atom. The second kappa shape index (κ2) is 8.00. The third-order valence-corrected chi connectivity index (χ3v) is 7.06. The van der Waals surface area contributed by atoms with Crippen molar-refractivity contribution in [3.8, 4) is 0 Å². The Labute approximate surface area is 198 Å². The lowest BCUT2D eigenvalue weighted by atomic mass is 9.80. The second-order valence-corrected chi connectivity index (χ2v) is 10.5. The number of furan rings is 1. The van der Waals surface area contributed by atoms with E-state index in [2.05, 4.69) is 93.9 Å². The summed E-state index contributed by atoms with van der Waals surface area (Å²) >= 11 is 5.65. The molecule has 0 radical (unpaired) electrons. The minimum absolute atomic E-state index is 0.135. The molecular weight excluding hydrogens is 557 g/mol. The van der Waals surface area contributed by atoms with E-state index in [0.29, 0.717) is 11.5 Å². The summed E-state index contributed by atoms with van der Waals surface area (Å²) in [5.74, 6) is 0.328. The summed E-state index contributed by atoms with van der Waals surface area (Å²) in [5.41, 5.74) is 6.92. The number of carbonyl (C=O) groups excluding carboxylic acids is 1. The smallest absolute Gasteiger partial charge is 0.307 e. The number of nitrogens with zero attached hydrogens (tertiary/aromatic N) is 2. The molecule has 1 aliphatic heterocycles. The third kappa shape index (κ3) is 4.01. The SMILES string of the molecule is CC1CC(C)(C)N(C)c2ccc(/C=N\NC(=O)c3cc4cc(Br)cc(I)c4o3)cc21. The van der Waals surface area contributed by atoms with Crippen molar-refractivity contribution in [2.75, 3.05) is 11.9 Å². The number of rotatable bonds is 3. The predicted octanol–water partition coefficient (Wildman–Crippen LogP) is 6.29. The Kier molecular flexibility index (Phi) is 5.69. The van der Waals surface area contributed by atoms with Crippen molar-refractivity contribution in [3.05, 3.63) is 61.3 Å². The molecule has 1 aliphatic rings. The van der Waals surface area contributed by atoms with Gasteiger partial charge in [0, 0.05) is 28.1 Å². The van der Waals surface area contributed by atoms with Crippen LogP contribution in [0.2, 0.25) is 0 Å². The highest BCUT2D eigenvalue weighted by Gasteiger charge is 2.33. The van der Waals surface area contributed by atoms with E-state index in [0.717, 1.165) is 25.4 Å². The van der Waals surface area contributed by atoms with Crippen molar-refractivity contribution in [1.29, 1.82) is 0 Å². The highest BCUT2D eigenvalue weighted by molar-refractivity contribution is 14.1. The van der Waals surface area contributed by atoms with Gasteiger partial charge in [0.15, 0.2) is 5.76 Å². The van der Waals surface area contributed by atoms with Crippen molar-refractivity contribution in [1.82, 2.24) is 5.43 Å². The molecule has 2 heterocycles. The van der Waals surface area contributed by atoms with Crippen molar-refractivity contribution < 1.29 is 9.21 Å². The van der Waals surface area contributed by atoms with E-state index in [1.807, 2.05) is 18.2 Å². The van der Waals surface area contributed by atoms with Crippen LogP contribution in [-0.2, 0) is 0 Å². The normalized spacial score (nSPS) is 18.1. The molecule has 0 saturated heterocycles. The molecule has 7 heteroatoms. The molecule has 0 saturated carbocycles. The van der Waals surface area contributed by atoms with Crippen LogP contribution in [0.4, 0.5) is 5.69 Å². The zero-order valence-electron chi connectivity index (χ0n) is 17.3. The molecule has 1 atom stereocenters. The number of anilines is 1. The topological polar surface area (TPSA) is 57.8 Å². The van der Waals surface area contributed by atoms with Crippen LogP contribution in [0.3, 0.4) is 0 Å². The maximum Gasteiger partial charge on any atom is 0.307 e. The number of carbonyl (C=O) groups is 1. The average Bonchev–Trinajstić information content (AvgIpc) is 3.10. The van der Waals surface area contributed by atoms with Crippen molar-refractivity contribution >= 4 is 67.3 Å². The Hall–Kier alpha value is -1.87. The van der Waals surface area contributed by atoms with Gasteiger partial charge >= 0.3 is 5.91 Å². The molecule has 1 aromatic heterocycles. The number of hydrogen-bond donors (Lipinski definition) is 1. The van der Waals surface area contributed by atoms with Crippen LogP contribution in [0.25, 0.3) is 11.0 Å². The number of benzene rings is 2. The molecule has 0 aliphatic carbocycles. The number of hydrogen-bond acceptors (Lipinski definition) is 4. The minimum atomic E-state index is -0.373. The molecule has 2 aromatic carbocycles. The molecule has 0 bridgehead atoms. The number of amides is 1. The Bertz CT molecular complexity index is 1170. The first kappa shape index (κ1) is 21.4. The van der Waals surface area contributed by atoms with Crippen LogP contribution in [0.15, 0.2) is 50.4 Å². The summed E-state index contributed by atoms with van der Waals surface area (Å²) < 4.78 is 7.60. The van der Waals surface area contributed by atoms with Gasteiger partial charge in [0.2, 0.25) is 0 Å². The van der Waals surface area contributed by atoms with Gasteiger partial charge in [-0.2, -0.15) is 5.10 Å². The fourth-order valence-corrected chi connectivity index (χ4v) is 5.74. The first-order valence-electron chi connectivity index (χ1n) is 9.75. The monoisotopic (exact) mass is 579 g/mol. The van der Waals surface area contributed by atoms with Gasteiger partial charge in [0.25, 0.3) is 0 Å². The zero-order valence-corrected chi connectivity index (χ0v) is 21.0. The molecule has 0 fully saturated rings. The standard InChI is InChI=1S/C23H23BrIN3O2/c1-13-11-23(2,3)28(4)19-6-5-14(7-17(13)19)12-26-27-22(29)20-9-15-8-16(24)10-18(25)21(15)30-20/h5-10,12-13H,11H2,1-4H3,(H,27,29)/b26-12-. The van der Waals surface area contributed by atoms with Crippen LogP contribution in [0.5, 0.6) is 0 Å². The molecule has 3 aromatic rings. The maximum absolute atomic E-state index is 12.5. The van der Waals surface area contributed by atoms with Gasteiger partial charge in [-0.15, -0.1) is 0 Å². The fourth-order valence-electron chi connectivity index (χ4n) is 4.08. The molecule has 1 unspecified atom stereocenters. The van der Waals surface area contributed by atoms with Crippen LogP contribution in [0.1, 0.15) is 54.8 Å². The van der Waals surface area contributed by atoms with Crippen molar-refractivity contribution in [2.45, 2.75) is 38.6 Å². The molecule has 0 spiro atoms. The van der Waals surface area contributed by atoms with Gasteiger partial charge in [0.05, 0.1) is 9.78 Å². The van der Waals surface area contributed by atoms with Gasteiger partial charge in [-0.1, -0.05) is 28.9 Å². The van der Waals surface area contributed by atoms with Crippen LogP contribution >= 0.6 is 38.5 Å². The predicted molar refractivity (Wildman–Crippen MR) is 134 cm³/mol. The van der Waals surface area contributed by atoms with Crippen molar-refractivity contribution in [2.24, 2.45) is 5.10 Å². The molecule has 1 N–H and O–H groups in total. The molecular formula is C23H23BrIN3O2. The second-order valence-electron chi connectivity index (χ2n) is 8.41. The first-order valence-corrected chi connectivity index (χ1v) is 11.6. The third-order valence-electron chi connectivity index (χ3n) is 5.80. The summed E-state index contributed by atoms with van der Waals surface area (Å²) in [4.78, 5) is 14.8. The van der Waals surface area contributed by atoms with E-state index < -0.39 is 0 Å². The Morgan fingerprint density at radius 2 is 2.10 bits per heavy atom. The van der Waals surface area contributed by atoms with Gasteiger partial charge in [-0.05, 0) is 90.2 Å². The largest absolute Gasteiger partial charge is 0.450 e. The van der Waals surface area contributed by atoms with E-state index in [9.17, 15) is 4.79 Å². The molecule has 4 rings (SSSR count). The quantitative estimate of drug-likeness (QED) is 0.225. The summed E-state index contributed by atoms with van der Waals surface area (Å²) in [7, 11) is 2.14. The van der Waals surface area contributed by atoms with Crippen molar-refractivity contribution in [3.63, 3.8) is 0 Å². The van der Waals surface area contributed by atoms with Gasteiger partial charge in [0.1, 0.15) is 5.58 Å².